The molecule has 0 aromatic carbocycles. The number of rotatable bonds is 1. The minimum Gasteiger partial charge on any atom is -0.352 e. The molecule has 1 aromatic heterocycles. The van der Waals surface area contributed by atoms with Crippen molar-refractivity contribution in [2.24, 2.45) is 0 Å². The highest BCUT2D eigenvalue weighted by molar-refractivity contribution is 5.36. The summed E-state index contributed by atoms with van der Waals surface area (Å²) < 4.78 is 13.3. The average Bonchev–Trinajstić information content (AvgIpc) is 2.44. The first-order valence-electron chi connectivity index (χ1n) is 5.03. The van der Waals surface area contributed by atoms with Crippen LogP contribution in [-0.4, -0.2) is 29.5 Å². The molecule has 1 atom stereocenters. The van der Waals surface area contributed by atoms with Gasteiger partial charge in [0.1, 0.15) is 6.17 Å². The second kappa shape index (κ2) is 4.35. The van der Waals surface area contributed by atoms with Crippen LogP contribution in [0, 0.1) is 0 Å². The summed E-state index contributed by atoms with van der Waals surface area (Å²) in [6.07, 6.45) is 3.60. The lowest BCUT2D eigenvalue weighted by atomic mass is 10.2. The van der Waals surface area contributed by atoms with Gasteiger partial charge >= 0.3 is 0 Å². The highest BCUT2D eigenvalue weighted by Gasteiger charge is 2.18. The van der Waals surface area contributed by atoms with E-state index in [1.54, 1.807) is 6.20 Å². The molecule has 4 heteroatoms. The van der Waals surface area contributed by atoms with Gasteiger partial charge in [-0.1, -0.05) is 0 Å². The van der Waals surface area contributed by atoms with Gasteiger partial charge in [-0.3, -0.25) is 0 Å². The zero-order valence-corrected chi connectivity index (χ0v) is 8.06. The molecule has 0 spiro atoms. The molecular formula is C10H14FN3. The van der Waals surface area contributed by atoms with Crippen LogP contribution in [0.2, 0.25) is 0 Å². The predicted octanol–water partition coefficient (Wildman–Crippen LogP) is 1.81. The van der Waals surface area contributed by atoms with Gasteiger partial charge in [0.05, 0.1) is 6.54 Å². The Morgan fingerprint density at radius 2 is 2.36 bits per heavy atom. The third-order valence-electron chi connectivity index (χ3n) is 2.50. The van der Waals surface area contributed by atoms with Crippen molar-refractivity contribution < 1.29 is 4.39 Å². The molecule has 1 aliphatic heterocycles. The van der Waals surface area contributed by atoms with Crippen molar-refractivity contribution in [2.75, 3.05) is 18.0 Å². The Morgan fingerprint density at radius 1 is 1.43 bits per heavy atom. The summed E-state index contributed by atoms with van der Waals surface area (Å²) in [5.74, 6) is 0.789. The normalized spacial score (nSPS) is 23.2. The molecule has 2 heterocycles. The molecule has 0 N–H and O–H groups in total. The van der Waals surface area contributed by atoms with Crippen LogP contribution in [0.3, 0.4) is 0 Å². The van der Waals surface area contributed by atoms with Crippen LogP contribution < -0.4 is 4.90 Å². The third kappa shape index (κ3) is 2.19. The smallest absolute Gasteiger partial charge is 0.151 e. The molecule has 0 saturated carbocycles. The Labute approximate surface area is 82.9 Å². The van der Waals surface area contributed by atoms with Gasteiger partial charge in [0.15, 0.2) is 5.82 Å². The summed E-state index contributed by atoms with van der Waals surface area (Å²) in [4.78, 5) is 1.98. The largest absolute Gasteiger partial charge is 0.352 e. The Kier molecular flexibility index (Phi) is 2.91. The van der Waals surface area contributed by atoms with Crippen LogP contribution in [0.4, 0.5) is 10.2 Å². The van der Waals surface area contributed by atoms with Crippen LogP contribution >= 0.6 is 0 Å². The maximum Gasteiger partial charge on any atom is 0.151 e. The number of nitrogens with zero attached hydrogens (tertiary/aromatic N) is 3. The Balaban J connectivity index is 2.09. The molecule has 0 aliphatic carbocycles. The predicted molar refractivity (Wildman–Crippen MR) is 53.0 cm³/mol. The minimum atomic E-state index is -0.723. The van der Waals surface area contributed by atoms with E-state index in [-0.39, 0.29) is 0 Å². The molecule has 0 bridgehead atoms. The maximum atomic E-state index is 13.3. The quantitative estimate of drug-likeness (QED) is 0.684. The monoisotopic (exact) mass is 195 g/mol. The highest BCUT2D eigenvalue weighted by atomic mass is 19.1. The average molecular weight is 195 g/mol. The van der Waals surface area contributed by atoms with E-state index in [2.05, 4.69) is 10.2 Å². The van der Waals surface area contributed by atoms with E-state index in [1.807, 2.05) is 17.0 Å². The molecule has 1 unspecified atom stereocenters. The first-order chi connectivity index (χ1) is 6.86. The van der Waals surface area contributed by atoms with E-state index in [9.17, 15) is 4.39 Å². The van der Waals surface area contributed by atoms with Gasteiger partial charge in [-0.05, 0) is 31.4 Å². The molecule has 2 rings (SSSR count). The van der Waals surface area contributed by atoms with Crippen LogP contribution in [0.15, 0.2) is 18.3 Å². The van der Waals surface area contributed by atoms with Crippen LogP contribution in [-0.2, 0) is 0 Å². The second-order valence-corrected chi connectivity index (χ2v) is 3.62. The highest BCUT2D eigenvalue weighted by Crippen LogP contribution is 2.17. The third-order valence-corrected chi connectivity index (χ3v) is 2.50. The topological polar surface area (TPSA) is 29.0 Å². The molecule has 1 aliphatic rings. The van der Waals surface area contributed by atoms with E-state index in [0.717, 1.165) is 25.2 Å². The van der Waals surface area contributed by atoms with Gasteiger partial charge in [0.25, 0.3) is 0 Å². The fourth-order valence-electron chi connectivity index (χ4n) is 1.76. The van der Waals surface area contributed by atoms with E-state index in [1.165, 1.54) is 0 Å². The van der Waals surface area contributed by atoms with Crippen molar-refractivity contribution in [3.05, 3.63) is 18.3 Å². The lowest BCUT2D eigenvalue weighted by Gasteiger charge is -2.21. The molecule has 1 fully saturated rings. The zero-order valence-electron chi connectivity index (χ0n) is 8.06. The molecule has 1 aromatic rings. The van der Waals surface area contributed by atoms with E-state index < -0.39 is 6.17 Å². The van der Waals surface area contributed by atoms with Crippen LogP contribution in [0.1, 0.15) is 19.3 Å². The Morgan fingerprint density at radius 3 is 3.14 bits per heavy atom. The van der Waals surface area contributed by atoms with E-state index in [0.29, 0.717) is 13.0 Å². The summed E-state index contributed by atoms with van der Waals surface area (Å²) in [6, 6.07) is 3.71. The molecule has 76 valence electrons. The van der Waals surface area contributed by atoms with Crippen molar-refractivity contribution in [3.8, 4) is 0 Å². The molecule has 1 saturated heterocycles. The van der Waals surface area contributed by atoms with Gasteiger partial charge in [0.2, 0.25) is 0 Å². The summed E-state index contributed by atoms with van der Waals surface area (Å²) in [5.41, 5.74) is 0. The maximum absolute atomic E-state index is 13.3. The van der Waals surface area contributed by atoms with Crippen LogP contribution in [0.25, 0.3) is 0 Å². The summed E-state index contributed by atoms with van der Waals surface area (Å²) in [6.45, 7) is 1.35. The van der Waals surface area contributed by atoms with Crippen LogP contribution in [0.5, 0.6) is 0 Å². The lowest BCUT2D eigenvalue weighted by molar-refractivity contribution is 0.323. The van der Waals surface area contributed by atoms with Gasteiger partial charge < -0.3 is 4.90 Å². The van der Waals surface area contributed by atoms with Gasteiger partial charge in [-0.25, -0.2) is 4.39 Å². The summed E-state index contributed by atoms with van der Waals surface area (Å²) >= 11 is 0. The first kappa shape index (κ1) is 9.37. The van der Waals surface area contributed by atoms with Gasteiger partial charge in [-0.2, -0.15) is 5.10 Å². The number of halogens is 1. The van der Waals surface area contributed by atoms with Crippen molar-refractivity contribution in [2.45, 2.75) is 25.4 Å². The van der Waals surface area contributed by atoms with Crippen molar-refractivity contribution in [1.82, 2.24) is 10.2 Å². The van der Waals surface area contributed by atoms with E-state index in [4.69, 9.17) is 0 Å². The van der Waals surface area contributed by atoms with Gasteiger partial charge in [0, 0.05) is 12.7 Å². The van der Waals surface area contributed by atoms with Crippen molar-refractivity contribution in [3.63, 3.8) is 0 Å². The van der Waals surface area contributed by atoms with Crippen molar-refractivity contribution >= 4 is 5.82 Å². The second-order valence-electron chi connectivity index (χ2n) is 3.62. The summed E-state index contributed by atoms with van der Waals surface area (Å²) in [5, 5.41) is 7.79. The summed E-state index contributed by atoms with van der Waals surface area (Å²) in [7, 11) is 0. The fraction of sp³-hybridized carbons (Fsp3) is 0.600. The standard InChI is InChI=1S/C10H14FN3/c11-9-4-1-2-7-14(8-9)10-5-3-6-12-13-10/h3,5-6,9H,1-2,4,7-8H2. The molecule has 0 radical (unpaired) electrons. The number of hydrogen-bond acceptors (Lipinski definition) is 3. The minimum absolute atomic E-state index is 0.457. The molecule has 0 amide bonds. The molecular weight excluding hydrogens is 181 g/mol. The van der Waals surface area contributed by atoms with Gasteiger partial charge in [-0.15, -0.1) is 5.10 Å². The number of aromatic nitrogens is 2. The number of anilines is 1. The first-order valence-corrected chi connectivity index (χ1v) is 5.03. The Hall–Kier alpha value is -1.19. The SMILES string of the molecule is FC1CCCCN(c2cccnn2)C1. The molecule has 3 nitrogen and oxygen atoms in total. The zero-order chi connectivity index (χ0) is 9.80. The number of alkyl halides is 1. The van der Waals surface area contributed by atoms with Crippen molar-refractivity contribution in [1.29, 1.82) is 0 Å². The number of hydrogen-bond donors (Lipinski definition) is 0. The Bertz CT molecular complexity index is 278. The fourth-order valence-corrected chi connectivity index (χ4v) is 1.76. The van der Waals surface area contributed by atoms with E-state index >= 15 is 0 Å². The lowest BCUT2D eigenvalue weighted by Crippen LogP contribution is -2.29. The molecule has 14 heavy (non-hydrogen) atoms.